The van der Waals surface area contributed by atoms with Crippen LogP contribution in [0.4, 0.5) is 0 Å². The average molecular weight is 289 g/mol. The summed E-state index contributed by atoms with van der Waals surface area (Å²) in [7, 11) is 0. The number of esters is 1. The molecule has 102 valence electrons. The van der Waals surface area contributed by atoms with Crippen LogP contribution < -0.4 is 0 Å². The molecule has 1 aliphatic heterocycles. The number of thioether (sulfide) groups is 1. The average Bonchev–Trinajstić information content (AvgIpc) is 2.60. The minimum absolute atomic E-state index is 0.0713. The number of carbonyl (C=O) groups excluding carboxylic acids is 2. The maximum absolute atomic E-state index is 11.9. The van der Waals surface area contributed by atoms with Gasteiger partial charge in [-0.2, -0.15) is 0 Å². The molecule has 6 heteroatoms. The topological polar surface area (TPSA) is 46.6 Å². The largest absolute Gasteiger partial charge is 0.466 e. The second-order valence-electron chi connectivity index (χ2n) is 4.09. The van der Waals surface area contributed by atoms with E-state index in [4.69, 9.17) is 17.0 Å². The third-order valence-corrected chi connectivity index (χ3v) is 4.27. The Morgan fingerprint density at radius 3 is 2.72 bits per heavy atom. The smallest absolute Gasteiger partial charge is 0.307 e. The van der Waals surface area contributed by atoms with Crippen LogP contribution in [0.25, 0.3) is 0 Å². The molecule has 0 N–H and O–H groups in total. The number of carbonyl (C=O) groups is 2. The fourth-order valence-electron chi connectivity index (χ4n) is 1.66. The lowest BCUT2D eigenvalue weighted by atomic mass is 10.2. The molecule has 0 aliphatic carbocycles. The van der Waals surface area contributed by atoms with E-state index in [2.05, 4.69) is 6.92 Å². The Bertz CT molecular complexity index is 333. The zero-order valence-electron chi connectivity index (χ0n) is 10.8. The molecule has 1 saturated heterocycles. The zero-order chi connectivity index (χ0) is 13.5. The van der Waals surface area contributed by atoms with E-state index in [1.54, 1.807) is 0 Å². The normalized spacial score (nSPS) is 19.4. The molecule has 0 saturated carbocycles. The van der Waals surface area contributed by atoms with Crippen LogP contribution in [0, 0.1) is 0 Å². The van der Waals surface area contributed by atoms with E-state index < -0.39 is 5.25 Å². The number of hydrogen-bond acceptors (Lipinski definition) is 5. The van der Waals surface area contributed by atoms with Crippen molar-refractivity contribution in [3.63, 3.8) is 0 Å². The van der Waals surface area contributed by atoms with Gasteiger partial charge in [-0.3, -0.25) is 14.5 Å². The van der Waals surface area contributed by atoms with E-state index in [0.717, 1.165) is 19.3 Å². The molecule has 1 unspecified atom stereocenters. The van der Waals surface area contributed by atoms with Crippen LogP contribution in [-0.2, 0) is 14.3 Å². The second kappa shape index (κ2) is 7.74. The van der Waals surface area contributed by atoms with Crippen molar-refractivity contribution in [1.29, 1.82) is 0 Å². The fraction of sp³-hybridized carbons (Fsp3) is 0.750. The highest BCUT2D eigenvalue weighted by Crippen LogP contribution is 2.29. The van der Waals surface area contributed by atoms with Crippen LogP contribution in [-0.4, -0.2) is 39.5 Å². The number of hydrogen-bond donors (Lipinski definition) is 0. The summed E-state index contributed by atoms with van der Waals surface area (Å²) in [5.41, 5.74) is 0. The van der Waals surface area contributed by atoms with Crippen molar-refractivity contribution >= 4 is 40.2 Å². The Balaban J connectivity index is 2.32. The molecule has 1 atom stereocenters. The summed E-state index contributed by atoms with van der Waals surface area (Å²) < 4.78 is 5.65. The summed E-state index contributed by atoms with van der Waals surface area (Å²) in [5.74, 6) is -0.379. The van der Waals surface area contributed by atoms with Crippen LogP contribution in [0.3, 0.4) is 0 Å². The van der Waals surface area contributed by atoms with Gasteiger partial charge in [-0.1, -0.05) is 43.7 Å². The van der Waals surface area contributed by atoms with Crippen LogP contribution in [0.2, 0.25) is 0 Å². The standard InChI is InChI=1S/C12H19NO3S2/c1-3-5-6-7-16-10(14)8-9-11(15)13(4-2)12(17)18-9/h9H,3-8H2,1-2H3. The van der Waals surface area contributed by atoms with Crippen LogP contribution in [0.5, 0.6) is 0 Å². The molecule has 0 spiro atoms. The van der Waals surface area contributed by atoms with Gasteiger partial charge in [0.25, 0.3) is 0 Å². The van der Waals surface area contributed by atoms with Crippen LogP contribution in [0.15, 0.2) is 0 Å². The highest BCUT2D eigenvalue weighted by molar-refractivity contribution is 8.24. The van der Waals surface area contributed by atoms with Crippen LogP contribution in [0.1, 0.15) is 39.5 Å². The van der Waals surface area contributed by atoms with E-state index in [0.29, 0.717) is 17.5 Å². The van der Waals surface area contributed by atoms with Gasteiger partial charge in [0.1, 0.15) is 9.57 Å². The van der Waals surface area contributed by atoms with Crippen molar-refractivity contribution in [2.45, 2.75) is 44.8 Å². The predicted molar refractivity (Wildman–Crippen MR) is 76.5 cm³/mol. The number of ether oxygens (including phenoxy) is 1. The first kappa shape index (κ1) is 15.4. The molecule has 0 bridgehead atoms. The molecule has 0 aromatic carbocycles. The summed E-state index contributed by atoms with van der Waals surface area (Å²) in [6.07, 6.45) is 3.14. The lowest BCUT2D eigenvalue weighted by Crippen LogP contribution is -2.32. The van der Waals surface area contributed by atoms with Gasteiger partial charge in [0.05, 0.1) is 13.0 Å². The van der Waals surface area contributed by atoms with E-state index in [9.17, 15) is 9.59 Å². The van der Waals surface area contributed by atoms with Gasteiger partial charge in [-0.25, -0.2) is 0 Å². The fourth-order valence-corrected chi connectivity index (χ4v) is 3.27. The number of rotatable bonds is 7. The summed E-state index contributed by atoms with van der Waals surface area (Å²) in [5, 5.41) is -0.392. The third-order valence-electron chi connectivity index (χ3n) is 2.68. The quantitative estimate of drug-likeness (QED) is 0.409. The first-order chi connectivity index (χ1) is 8.60. The monoisotopic (exact) mass is 289 g/mol. The van der Waals surface area contributed by atoms with Gasteiger partial charge >= 0.3 is 5.97 Å². The number of thiocarbonyl (C=S) groups is 1. The van der Waals surface area contributed by atoms with Gasteiger partial charge in [0, 0.05) is 6.54 Å². The van der Waals surface area contributed by atoms with E-state index in [1.807, 2.05) is 6.92 Å². The molecule has 18 heavy (non-hydrogen) atoms. The molecule has 1 aliphatic rings. The summed E-state index contributed by atoms with van der Waals surface area (Å²) >= 11 is 6.37. The Morgan fingerprint density at radius 2 is 2.17 bits per heavy atom. The number of unbranched alkanes of at least 4 members (excludes halogenated alkanes) is 2. The molecule has 1 amide bonds. The Kier molecular flexibility index (Phi) is 6.63. The maximum Gasteiger partial charge on any atom is 0.307 e. The highest BCUT2D eigenvalue weighted by Gasteiger charge is 2.37. The second-order valence-corrected chi connectivity index (χ2v) is 5.92. The van der Waals surface area contributed by atoms with Gasteiger partial charge in [0.15, 0.2) is 0 Å². The van der Waals surface area contributed by atoms with E-state index in [-0.39, 0.29) is 18.3 Å². The zero-order valence-corrected chi connectivity index (χ0v) is 12.4. The number of nitrogens with zero attached hydrogens (tertiary/aromatic N) is 1. The summed E-state index contributed by atoms with van der Waals surface area (Å²) in [6, 6.07) is 0. The van der Waals surface area contributed by atoms with Crippen molar-refractivity contribution in [1.82, 2.24) is 4.90 Å². The van der Waals surface area contributed by atoms with E-state index in [1.165, 1.54) is 16.7 Å². The molecular weight excluding hydrogens is 270 g/mol. The van der Waals surface area contributed by atoms with Crippen LogP contribution >= 0.6 is 24.0 Å². The SMILES string of the molecule is CCCCCOC(=O)CC1SC(=S)N(CC)C1=O. The van der Waals surface area contributed by atoms with Gasteiger partial charge in [0.2, 0.25) is 5.91 Å². The maximum atomic E-state index is 11.9. The molecule has 0 radical (unpaired) electrons. The molecule has 0 aromatic rings. The molecule has 0 aromatic heterocycles. The minimum atomic E-state index is -0.392. The van der Waals surface area contributed by atoms with Crippen molar-refractivity contribution in [2.75, 3.05) is 13.2 Å². The lowest BCUT2D eigenvalue weighted by molar-refractivity contribution is -0.145. The molecule has 1 rings (SSSR count). The predicted octanol–water partition coefficient (Wildman–Crippen LogP) is 2.36. The van der Waals surface area contributed by atoms with Gasteiger partial charge < -0.3 is 4.74 Å². The van der Waals surface area contributed by atoms with Crippen molar-refractivity contribution in [3.8, 4) is 0 Å². The van der Waals surface area contributed by atoms with Gasteiger partial charge in [-0.15, -0.1) is 0 Å². The summed E-state index contributed by atoms with van der Waals surface area (Å²) in [6.45, 7) is 4.97. The third kappa shape index (κ3) is 4.24. The van der Waals surface area contributed by atoms with Crippen molar-refractivity contribution in [3.05, 3.63) is 0 Å². The van der Waals surface area contributed by atoms with Crippen molar-refractivity contribution in [2.24, 2.45) is 0 Å². The Labute approximate surface area is 117 Å². The molecule has 1 fully saturated rings. The summed E-state index contributed by atoms with van der Waals surface area (Å²) in [4.78, 5) is 25.0. The first-order valence-corrected chi connectivity index (χ1v) is 7.56. The Morgan fingerprint density at radius 1 is 1.44 bits per heavy atom. The number of amides is 1. The van der Waals surface area contributed by atoms with Gasteiger partial charge in [-0.05, 0) is 13.3 Å². The highest BCUT2D eigenvalue weighted by atomic mass is 32.2. The molecular formula is C12H19NO3S2. The van der Waals surface area contributed by atoms with E-state index >= 15 is 0 Å². The molecule has 4 nitrogen and oxygen atoms in total. The molecule has 1 heterocycles. The Hall–Kier alpha value is -0.620. The van der Waals surface area contributed by atoms with Crippen molar-refractivity contribution < 1.29 is 14.3 Å². The minimum Gasteiger partial charge on any atom is -0.466 e. The lowest BCUT2D eigenvalue weighted by Gasteiger charge is -2.11. The first-order valence-electron chi connectivity index (χ1n) is 6.27.